The Morgan fingerprint density at radius 2 is 1.91 bits per heavy atom. The average Bonchev–Trinajstić information content (AvgIpc) is 2.80. The van der Waals surface area contributed by atoms with Crippen molar-refractivity contribution in [2.45, 2.75) is 51.7 Å². The minimum atomic E-state index is -1.19. The van der Waals surface area contributed by atoms with E-state index in [0.29, 0.717) is 24.8 Å². The summed E-state index contributed by atoms with van der Waals surface area (Å²) in [6.45, 7) is 4.03. The Labute approximate surface area is 202 Å². The highest BCUT2D eigenvalue weighted by molar-refractivity contribution is 6.35. The Hall–Kier alpha value is -3.76. The van der Waals surface area contributed by atoms with Crippen LogP contribution in [0.2, 0.25) is 0 Å². The van der Waals surface area contributed by atoms with Crippen molar-refractivity contribution in [1.82, 2.24) is 25.1 Å². The number of carbonyl (C=O) groups is 3. The van der Waals surface area contributed by atoms with Gasteiger partial charge in [0, 0.05) is 27.2 Å². The molecule has 0 fully saturated rings. The van der Waals surface area contributed by atoms with Gasteiger partial charge in [-0.15, -0.1) is 0 Å². The number of likely N-dealkylation sites (N-methyl/N-ethyl adjacent to an activating group) is 1. The Morgan fingerprint density at radius 3 is 2.51 bits per heavy atom. The predicted molar refractivity (Wildman–Crippen MR) is 125 cm³/mol. The van der Waals surface area contributed by atoms with E-state index in [1.165, 1.54) is 42.9 Å². The fourth-order valence-electron chi connectivity index (χ4n) is 4.45. The van der Waals surface area contributed by atoms with E-state index in [2.05, 4.69) is 15.6 Å². The molecule has 3 N–H and O–H groups in total. The quantitative estimate of drug-likeness (QED) is 0.526. The summed E-state index contributed by atoms with van der Waals surface area (Å²) in [7, 11) is 2.91. The number of halogens is 1. The van der Waals surface area contributed by atoms with Gasteiger partial charge in [-0.1, -0.05) is 32.4 Å². The van der Waals surface area contributed by atoms with Crippen LogP contribution >= 0.6 is 0 Å². The highest BCUT2D eigenvalue weighted by atomic mass is 19.1. The van der Waals surface area contributed by atoms with E-state index >= 15 is 0 Å². The number of hydrogen-bond acceptors (Lipinski definition) is 6. The number of amides is 3. The molecular formula is C24H30FN5O5. The third-order valence-electron chi connectivity index (χ3n) is 5.98. The number of nitrogens with zero attached hydrogens (tertiary/aromatic N) is 3. The molecule has 0 saturated heterocycles. The molecule has 3 rings (SSSR count). The van der Waals surface area contributed by atoms with Crippen molar-refractivity contribution < 1.29 is 23.9 Å². The summed E-state index contributed by atoms with van der Waals surface area (Å²) in [5.41, 5.74) is -1.86. The maximum absolute atomic E-state index is 13.1. The summed E-state index contributed by atoms with van der Waals surface area (Å²) in [5.74, 6) is -3.60. The van der Waals surface area contributed by atoms with Gasteiger partial charge in [0.15, 0.2) is 5.69 Å². The van der Waals surface area contributed by atoms with Gasteiger partial charge in [-0.05, 0) is 36.5 Å². The van der Waals surface area contributed by atoms with Crippen molar-refractivity contribution in [1.29, 1.82) is 0 Å². The van der Waals surface area contributed by atoms with Crippen LogP contribution < -0.4 is 16.2 Å². The van der Waals surface area contributed by atoms with Crippen LogP contribution in [0.15, 0.2) is 29.1 Å². The second-order valence-electron chi connectivity index (χ2n) is 9.15. The van der Waals surface area contributed by atoms with E-state index in [4.69, 9.17) is 0 Å². The largest absolute Gasteiger partial charge is 0.501 e. The lowest BCUT2D eigenvalue weighted by atomic mass is 9.80. The molecule has 1 aliphatic heterocycles. The van der Waals surface area contributed by atoms with Crippen molar-refractivity contribution in [3.05, 3.63) is 57.5 Å². The third-order valence-corrected chi connectivity index (χ3v) is 5.98. The molecule has 11 heteroatoms. The van der Waals surface area contributed by atoms with Crippen molar-refractivity contribution in [2.75, 3.05) is 14.1 Å². The minimum Gasteiger partial charge on any atom is -0.501 e. The Kier molecular flexibility index (Phi) is 7.57. The highest BCUT2D eigenvalue weighted by Crippen LogP contribution is 2.37. The van der Waals surface area contributed by atoms with Crippen LogP contribution in [0.4, 0.5) is 4.39 Å². The molecule has 1 aromatic carbocycles. The SMILES string of the molecule is CCCC1(NC(=O)C(=O)N(C)C)CC(C)Cn2c1nc(C(=O)NCc1ccc(F)cc1)c(O)c2=O. The number of nitrogens with one attached hydrogen (secondary N) is 2. The molecule has 0 aliphatic carbocycles. The van der Waals surface area contributed by atoms with Gasteiger partial charge in [0.1, 0.15) is 11.6 Å². The van der Waals surface area contributed by atoms with Gasteiger partial charge in [0.2, 0.25) is 5.75 Å². The number of hydrogen-bond donors (Lipinski definition) is 3. The number of rotatable bonds is 6. The first-order valence-electron chi connectivity index (χ1n) is 11.4. The number of aromatic nitrogens is 2. The molecule has 0 saturated carbocycles. The van der Waals surface area contributed by atoms with Crippen molar-refractivity contribution in [3.8, 4) is 5.75 Å². The summed E-state index contributed by atoms with van der Waals surface area (Å²) >= 11 is 0. The molecular weight excluding hydrogens is 457 g/mol. The molecule has 1 aliphatic rings. The second kappa shape index (κ2) is 10.2. The van der Waals surface area contributed by atoms with Crippen LogP contribution in [0.5, 0.6) is 5.75 Å². The van der Waals surface area contributed by atoms with E-state index in [1.807, 2.05) is 13.8 Å². The van der Waals surface area contributed by atoms with E-state index in [-0.39, 0.29) is 24.8 Å². The van der Waals surface area contributed by atoms with Gasteiger partial charge < -0.3 is 20.6 Å². The molecule has 188 valence electrons. The number of carbonyl (C=O) groups excluding carboxylic acids is 3. The van der Waals surface area contributed by atoms with Crippen LogP contribution in [-0.4, -0.2) is 51.4 Å². The van der Waals surface area contributed by atoms with Crippen LogP contribution in [0, 0.1) is 11.7 Å². The smallest absolute Gasteiger partial charge is 0.311 e. The Morgan fingerprint density at radius 1 is 1.26 bits per heavy atom. The van der Waals surface area contributed by atoms with Gasteiger partial charge in [-0.2, -0.15) is 0 Å². The first-order valence-corrected chi connectivity index (χ1v) is 11.4. The molecule has 0 bridgehead atoms. The Bertz CT molecular complexity index is 1190. The minimum absolute atomic E-state index is 0.0177. The molecule has 3 amide bonds. The van der Waals surface area contributed by atoms with E-state index in [9.17, 15) is 28.7 Å². The zero-order chi connectivity index (χ0) is 25.9. The van der Waals surface area contributed by atoms with E-state index < -0.39 is 46.1 Å². The van der Waals surface area contributed by atoms with Gasteiger partial charge in [-0.3, -0.25) is 23.7 Å². The van der Waals surface area contributed by atoms with Gasteiger partial charge >= 0.3 is 11.8 Å². The van der Waals surface area contributed by atoms with E-state index in [0.717, 1.165) is 4.90 Å². The van der Waals surface area contributed by atoms with Crippen molar-refractivity contribution in [2.24, 2.45) is 5.92 Å². The van der Waals surface area contributed by atoms with E-state index in [1.54, 1.807) is 0 Å². The summed E-state index contributed by atoms with van der Waals surface area (Å²) in [5, 5.41) is 15.9. The van der Waals surface area contributed by atoms with Crippen LogP contribution in [0.3, 0.4) is 0 Å². The predicted octanol–water partition coefficient (Wildman–Crippen LogP) is 1.26. The molecule has 1 aromatic heterocycles. The number of aromatic hydroxyl groups is 1. The number of fused-ring (bicyclic) bond motifs is 1. The lowest BCUT2D eigenvalue weighted by Gasteiger charge is -2.41. The van der Waals surface area contributed by atoms with Gasteiger partial charge in [-0.25, -0.2) is 9.37 Å². The monoisotopic (exact) mass is 487 g/mol. The molecule has 2 atom stereocenters. The first kappa shape index (κ1) is 25.9. The molecule has 0 radical (unpaired) electrons. The molecule has 10 nitrogen and oxygen atoms in total. The molecule has 2 unspecified atom stereocenters. The lowest BCUT2D eigenvalue weighted by Crippen LogP contribution is -2.56. The average molecular weight is 488 g/mol. The van der Waals surface area contributed by atoms with Crippen molar-refractivity contribution in [3.63, 3.8) is 0 Å². The topological polar surface area (TPSA) is 134 Å². The normalized spacial score (nSPS) is 18.9. The fraction of sp³-hybridized carbons (Fsp3) is 0.458. The molecule has 0 spiro atoms. The lowest BCUT2D eigenvalue weighted by molar-refractivity contribution is -0.145. The summed E-state index contributed by atoms with van der Waals surface area (Å²) in [6.07, 6.45) is 1.34. The second-order valence-corrected chi connectivity index (χ2v) is 9.15. The maximum Gasteiger partial charge on any atom is 0.311 e. The fourth-order valence-corrected chi connectivity index (χ4v) is 4.45. The summed E-state index contributed by atoms with van der Waals surface area (Å²) in [6, 6.07) is 5.49. The summed E-state index contributed by atoms with van der Waals surface area (Å²) < 4.78 is 14.4. The zero-order valence-corrected chi connectivity index (χ0v) is 20.2. The molecule has 2 aromatic rings. The number of benzene rings is 1. The van der Waals surface area contributed by atoms with Crippen LogP contribution in [0.25, 0.3) is 0 Å². The summed E-state index contributed by atoms with van der Waals surface area (Å²) in [4.78, 5) is 56.5. The zero-order valence-electron chi connectivity index (χ0n) is 20.2. The Balaban J connectivity index is 2.03. The standard InChI is InChI=1S/C24H30FN5O5/c1-5-10-24(28-20(33)22(35)29(3)4)11-14(2)13-30-21(34)18(31)17(27-23(24)30)19(32)26-12-15-6-8-16(25)9-7-15/h6-9,14,31H,5,10-13H2,1-4H3,(H,26,32)(H,28,33). The van der Waals surface area contributed by atoms with Gasteiger partial charge in [0.25, 0.3) is 11.5 Å². The highest BCUT2D eigenvalue weighted by Gasteiger charge is 2.44. The molecule has 35 heavy (non-hydrogen) atoms. The maximum atomic E-state index is 13.1. The van der Waals surface area contributed by atoms with Crippen LogP contribution in [0.1, 0.15) is 55.0 Å². The molecule has 2 heterocycles. The van der Waals surface area contributed by atoms with Crippen molar-refractivity contribution >= 4 is 17.7 Å². The van der Waals surface area contributed by atoms with Gasteiger partial charge in [0.05, 0.1) is 5.54 Å². The van der Waals surface area contributed by atoms with Crippen LogP contribution in [-0.2, 0) is 28.2 Å². The first-order chi connectivity index (χ1) is 16.5. The third kappa shape index (κ3) is 5.33.